The quantitative estimate of drug-likeness (QED) is 0.794. The highest BCUT2D eigenvalue weighted by atomic mass is 16.2. The topological polar surface area (TPSA) is 52.8 Å². The second-order valence-electron chi connectivity index (χ2n) is 7.21. The maximum absolute atomic E-state index is 12.6. The molecule has 3 fully saturated rings. The summed E-state index contributed by atoms with van der Waals surface area (Å²) in [7, 11) is 0. The molecule has 3 aliphatic heterocycles. The van der Waals surface area contributed by atoms with Crippen molar-refractivity contribution in [1.29, 1.82) is 0 Å². The van der Waals surface area contributed by atoms with E-state index in [2.05, 4.69) is 21.6 Å². The molecular weight excluding hydrogens is 264 g/mol. The Morgan fingerprint density at radius 3 is 2.19 bits per heavy atom. The van der Waals surface area contributed by atoms with Gasteiger partial charge in [-0.15, -0.1) is 0 Å². The molecule has 0 bridgehead atoms. The van der Waals surface area contributed by atoms with Gasteiger partial charge in [0.25, 0.3) is 0 Å². The fourth-order valence-corrected chi connectivity index (χ4v) is 3.90. The highest BCUT2D eigenvalue weighted by Gasteiger charge is 2.34. The number of amides is 2. The lowest BCUT2D eigenvalue weighted by molar-refractivity contribution is 0.130. The zero-order valence-corrected chi connectivity index (χ0v) is 13.3. The van der Waals surface area contributed by atoms with Crippen LogP contribution >= 0.6 is 0 Å². The summed E-state index contributed by atoms with van der Waals surface area (Å²) >= 11 is 0. The average molecular weight is 294 g/mol. The van der Waals surface area contributed by atoms with Crippen molar-refractivity contribution >= 4 is 6.03 Å². The zero-order valence-electron chi connectivity index (χ0n) is 13.3. The number of nitrogens with two attached hydrogens (primary N) is 1. The lowest BCUT2D eigenvalue weighted by Gasteiger charge is -2.36. The smallest absolute Gasteiger partial charge is 0.320 e. The van der Waals surface area contributed by atoms with Gasteiger partial charge >= 0.3 is 6.03 Å². The fraction of sp³-hybridized carbons (Fsp3) is 0.938. The molecule has 21 heavy (non-hydrogen) atoms. The molecule has 3 rings (SSSR count). The first-order valence-electron chi connectivity index (χ1n) is 8.67. The van der Waals surface area contributed by atoms with Gasteiger partial charge in [0.05, 0.1) is 0 Å². The minimum atomic E-state index is 0.276. The first-order chi connectivity index (χ1) is 10.1. The molecule has 3 heterocycles. The van der Waals surface area contributed by atoms with Crippen molar-refractivity contribution in [2.75, 3.05) is 39.3 Å². The average Bonchev–Trinajstić information content (AvgIpc) is 2.98. The number of carbonyl (C=O) groups is 1. The van der Waals surface area contributed by atoms with Crippen molar-refractivity contribution < 1.29 is 4.79 Å². The summed E-state index contributed by atoms with van der Waals surface area (Å²) in [5, 5.41) is 0. The molecule has 0 saturated carbocycles. The number of urea groups is 1. The third-order valence-corrected chi connectivity index (χ3v) is 5.58. The molecular formula is C16H30N4O. The monoisotopic (exact) mass is 294 g/mol. The minimum Gasteiger partial charge on any atom is -0.328 e. The van der Waals surface area contributed by atoms with Gasteiger partial charge in [-0.05, 0) is 51.1 Å². The molecule has 0 aromatic carbocycles. The van der Waals surface area contributed by atoms with Gasteiger partial charge in [0.15, 0.2) is 0 Å². The van der Waals surface area contributed by atoms with Crippen LogP contribution in [0.2, 0.25) is 0 Å². The maximum Gasteiger partial charge on any atom is 0.320 e. The van der Waals surface area contributed by atoms with Crippen LogP contribution in [-0.4, -0.2) is 72.1 Å². The van der Waals surface area contributed by atoms with Gasteiger partial charge in [-0.2, -0.15) is 0 Å². The van der Waals surface area contributed by atoms with E-state index in [-0.39, 0.29) is 6.03 Å². The van der Waals surface area contributed by atoms with Crippen LogP contribution in [0, 0.1) is 5.92 Å². The highest BCUT2D eigenvalue weighted by Crippen LogP contribution is 2.23. The Hall–Kier alpha value is -0.810. The Morgan fingerprint density at radius 1 is 0.905 bits per heavy atom. The van der Waals surface area contributed by atoms with Gasteiger partial charge in [0, 0.05) is 38.3 Å². The number of hydrogen-bond acceptors (Lipinski definition) is 3. The van der Waals surface area contributed by atoms with Crippen LogP contribution in [0.25, 0.3) is 0 Å². The Kier molecular flexibility index (Phi) is 4.69. The zero-order chi connectivity index (χ0) is 14.8. The van der Waals surface area contributed by atoms with E-state index in [9.17, 15) is 4.79 Å². The summed E-state index contributed by atoms with van der Waals surface area (Å²) < 4.78 is 0. The van der Waals surface area contributed by atoms with Crippen LogP contribution in [0.3, 0.4) is 0 Å². The van der Waals surface area contributed by atoms with E-state index in [4.69, 9.17) is 5.73 Å². The molecule has 5 heteroatoms. The molecule has 1 unspecified atom stereocenters. The summed E-state index contributed by atoms with van der Waals surface area (Å²) in [6.07, 6.45) is 5.66. The molecule has 0 aromatic heterocycles. The predicted octanol–water partition coefficient (Wildman–Crippen LogP) is 1.34. The Balaban J connectivity index is 1.48. The lowest BCUT2D eigenvalue weighted by atomic mass is 10.00. The summed E-state index contributed by atoms with van der Waals surface area (Å²) in [6, 6.07) is 1.22. The molecule has 0 spiro atoms. The number of rotatable bonds is 1. The first-order valence-corrected chi connectivity index (χ1v) is 8.67. The molecule has 2 amide bonds. The number of likely N-dealkylation sites (tertiary alicyclic amines) is 3. The largest absolute Gasteiger partial charge is 0.328 e. The van der Waals surface area contributed by atoms with Crippen molar-refractivity contribution in [1.82, 2.24) is 14.7 Å². The van der Waals surface area contributed by atoms with E-state index in [0.717, 1.165) is 77.3 Å². The number of nitrogens with zero attached hydrogens (tertiary/aromatic N) is 3. The molecule has 0 aliphatic carbocycles. The minimum absolute atomic E-state index is 0.276. The summed E-state index contributed by atoms with van der Waals surface area (Å²) in [4.78, 5) is 19.3. The summed E-state index contributed by atoms with van der Waals surface area (Å²) in [5.74, 6) is 0.776. The van der Waals surface area contributed by atoms with Crippen LogP contribution in [0.4, 0.5) is 4.79 Å². The van der Waals surface area contributed by atoms with Crippen molar-refractivity contribution in [2.45, 2.75) is 51.1 Å². The van der Waals surface area contributed by atoms with Crippen LogP contribution in [-0.2, 0) is 0 Å². The van der Waals surface area contributed by atoms with E-state index in [1.165, 1.54) is 0 Å². The number of carbonyl (C=O) groups excluding carboxylic acids is 1. The number of piperidine rings is 2. The van der Waals surface area contributed by atoms with Crippen LogP contribution in [0.5, 0.6) is 0 Å². The number of hydrogen-bond donors (Lipinski definition) is 1. The molecule has 0 aromatic rings. The Labute approximate surface area is 128 Å². The normalized spacial score (nSPS) is 30.1. The van der Waals surface area contributed by atoms with Crippen molar-refractivity contribution in [3.63, 3.8) is 0 Å². The molecule has 0 radical (unpaired) electrons. The van der Waals surface area contributed by atoms with Crippen molar-refractivity contribution in [2.24, 2.45) is 11.7 Å². The van der Waals surface area contributed by atoms with Gasteiger partial charge in [-0.25, -0.2) is 4.79 Å². The van der Waals surface area contributed by atoms with E-state index in [1.54, 1.807) is 0 Å². The molecule has 120 valence electrons. The maximum atomic E-state index is 12.6. The highest BCUT2D eigenvalue weighted by molar-refractivity contribution is 5.75. The molecule has 3 aliphatic rings. The van der Waals surface area contributed by atoms with E-state index >= 15 is 0 Å². The van der Waals surface area contributed by atoms with Crippen LogP contribution in [0.1, 0.15) is 39.0 Å². The summed E-state index contributed by atoms with van der Waals surface area (Å²) in [6.45, 7) is 8.23. The van der Waals surface area contributed by atoms with E-state index in [1.807, 2.05) is 0 Å². The van der Waals surface area contributed by atoms with Gasteiger partial charge < -0.3 is 15.5 Å². The van der Waals surface area contributed by atoms with Crippen molar-refractivity contribution in [3.8, 4) is 0 Å². The second-order valence-corrected chi connectivity index (χ2v) is 7.21. The van der Waals surface area contributed by atoms with Gasteiger partial charge in [-0.3, -0.25) is 4.90 Å². The Morgan fingerprint density at radius 2 is 1.52 bits per heavy atom. The third-order valence-electron chi connectivity index (χ3n) is 5.58. The lowest BCUT2D eigenvalue weighted by Crippen LogP contribution is -2.48. The van der Waals surface area contributed by atoms with E-state index in [0.29, 0.717) is 12.1 Å². The predicted molar refractivity (Wildman–Crippen MR) is 84.1 cm³/mol. The first kappa shape index (κ1) is 15.1. The summed E-state index contributed by atoms with van der Waals surface area (Å²) in [5.41, 5.74) is 5.98. The van der Waals surface area contributed by atoms with Gasteiger partial charge in [-0.1, -0.05) is 6.92 Å². The van der Waals surface area contributed by atoms with Crippen molar-refractivity contribution in [3.05, 3.63) is 0 Å². The SMILES string of the molecule is CC1CCN(C(=O)N2CCC(N3CCC(N)CC3)C2)CC1. The standard InChI is InChI=1S/C16H30N4O/c1-13-2-7-19(8-3-13)16(21)20-11-6-15(12-20)18-9-4-14(17)5-10-18/h13-15H,2-12,17H2,1H3. The molecule has 5 nitrogen and oxygen atoms in total. The Bertz CT molecular complexity index is 359. The third kappa shape index (κ3) is 3.51. The fourth-order valence-electron chi connectivity index (χ4n) is 3.90. The van der Waals surface area contributed by atoms with Gasteiger partial charge in [0.2, 0.25) is 0 Å². The molecule has 2 N–H and O–H groups in total. The van der Waals surface area contributed by atoms with E-state index < -0.39 is 0 Å². The van der Waals surface area contributed by atoms with Crippen LogP contribution in [0.15, 0.2) is 0 Å². The van der Waals surface area contributed by atoms with Gasteiger partial charge in [0.1, 0.15) is 0 Å². The van der Waals surface area contributed by atoms with Crippen LogP contribution < -0.4 is 5.73 Å². The molecule has 3 saturated heterocycles. The second kappa shape index (κ2) is 6.53. The molecule has 1 atom stereocenters.